The Bertz CT molecular complexity index is 253. The van der Waals surface area contributed by atoms with Crippen LogP contribution in [0.15, 0.2) is 0 Å². The molecule has 1 rings (SSSR count). The highest BCUT2D eigenvalue weighted by molar-refractivity contribution is 5.35. The lowest BCUT2D eigenvalue weighted by molar-refractivity contribution is -0.337. The smallest absolute Gasteiger partial charge is 0.113 e. The van der Waals surface area contributed by atoms with Gasteiger partial charge in [-0.2, -0.15) is 0 Å². The van der Waals surface area contributed by atoms with Crippen LogP contribution < -0.4 is 11.5 Å². The maximum Gasteiger partial charge on any atom is 0.113 e. The molecule has 0 aliphatic heterocycles. The van der Waals surface area contributed by atoms with Gasteiger partial charge in [0.15, 0.2) is 0 Å². The summed E-state index contributed by atoms with van der Waals surface area (Å²) in [6, 6.07) is 0. The Morgan fingerprint density at radius 1 is 0.500 bits per heavy atom. The molecule has 0 aromatic rings. The molecular formula is C12H26N2O4. The summed E-state index contributed by atoms with van der Waals surface area (Å²) in [6.45, 7) is 7.99. The number of hydrogen-bond donors (Lipinski definition) is 6. The zero-order chi connectivity index (χ0) is 15.0. The SMILES string of the molecule is CC1(N)C(C)(O)C(C)(O)C(C)(N)C(C)(O)C1(C)O. The van der Waals surface area contributed by atoms with E-state index in [9.17, 15) is 20.4 Å². The van der Waals surface area contributed by atoms with E-state index < -0.39 is 33.5 Å². The van der Waals surface area contributed by atoms with E-state index in [-0.39, 0.29) is 0 Å². The summed E-state index contributed by atoms with van der Waals surface area (Å²) in [7, 11) is 0. The van der Waals surface area contributed by atoms with Crippen LogP contribution in [-0.2, 0) is 0 Å². The number of aliphatic hydroxyl groups is 4. The van der Waals surface area contributed by atoms with Gasteiger partial charge in [0.25, 0.3) is 0 Å². The third kappa shape index (κ3) is 1.19. The van der Waals surface area contributed by atoms with Crippen LogP contribution in [0, 0.1) is 0 Å². The quantitative estimate of drug-likeness (QED) is 0.313. The Balaban J connectivity index is 3.72. The predicted octanol–water partition coefficient (Wildman–Crippen LogP) is -1.56. The van der Waals surface area contributed by atoms with Crippen molar-refractivity contribution in [1.29, 1.82) is 0 Å². The second kappa shape index (κ2) is 3.26. The van der Waals surface area contributed by atoms with Gasteiger partial charge in [0, 0.05) is 0 Å². The van der Waals surface area contributed by atoms with Crippen molar-refractivity contribution in [2.45, 2.75) is 75.0 Å². The summed E-state index contributed by atoms with van der Waals surface area (Å²) in [5.74, 6) is 0. The molecule has 0 amide bonds. The number of rotatable bonds is 0. The van der Waals surface area contributed by atoms with Crippen molar-refractivity contribution in [2.75, 3.05) is 0 Å². The molecule has 6 heteroatoms. The van der Waals surface area contributed by atoms with E-state index in [0.29, 0.717) is 0 Å². The zero-order valence-corrected chi connectivity index (χ0v) is 11.9. The van der Waals surface area contributed by atoms with Gasteiger partial charge in [0.05, 0.1) is 11.1 Å². The van der Waals surface area contributed by atoms with E-state index in [1.165, 1.54) is 41.5 Å². The number of hydrogen-bond acceptors (Lipinski definition) is 6. The highest BCUT2D eigenvalue weighted by Gasteiger charge is 2.79. The topological polar surface area (TPSA) is 133 Å². The molecule has 1 aliphatic rings. The van der Waals surface area contributed by atoms with Gasteiger partial charge in [0.1, 0.15) is 22.4 Å². The summed E-state index contributed by atoms with van der Waals surface area (Å²) in [4.78, 5) is 0. The first kappa shape index (κ1) is 15.8. The monoisotopic (exact) mass is 262 g/mol. The van der Waals surface area contributed by atoms with Crippen LogP contribution in [-0.4, -0.2) is 53.9 Å². The van der Waals surface area contributed by atoms with E-state index in [0.717, 1.165) is 0 Å². The van der Waals surface area contributed by atoms with Crippen molar-refractivity contribution in [2.24, 2.45) is 11.5 Å². The minimum atomic E-state index is -1.91. The van der Waals surface area contributed by atoms with Crippen molar-refractivity contribution in [3.8, 4) is 0 Å². The molecule has 0 aromatic heterocycles. The molecule has 4 unspecified atom stereocenters. The molecule has 108 valence electrons. The molecule has 0 saturated heterocycles. The summed E-state index contributed by atoms with van der Waals surface area (Å²) < 4.78 is 0. The molecule has 1 fully saturated rings. The van der Waals surface area contributed by atoms with Gasteiger partial charge >= 0.3 is 0 Å². The van der Waals surface area contributed by atoms with Crippen molar-refractivity contribution in [1.82, 2.24) is 0 Å². The van der Waals surface area contributed by atoms with Gasteiger partial charge in [-0.15, -0.1) is 0 Å². The second-order valence-corrected chi connectivity index (χ2v) is 6.69. The van der Waals surface area contributed by atoms with Crippen LogP contribution in [0.5, 0.6) is 0 Å². The van der Waals surface area contributed by atoms with Crippen molar-refractivity contribution in [3.63, 3.8) is 0 Å². The Hall–Kier alpha value is -0.240. The summed E-state index contributed by atoms with van der Waals surface area (Å²) in [6.07, 6.45) is 0. The average Bonchev–Trinajstić information content (AvgIpc) is 2.14. The second-order valence-electron chi connectivity index (χ2n) is 6.69. The highest BCUT2D eigenvalue weighted by atomic mass is 16.4. The standard InChI is InChI=1S/C12H26N2O4/c1-7(13)9(3,15)11(5,17)8(2,14)12(6,18)10(7,4)16/h15-18H,13-14H2,1-6H3. The number of nitrogens with two attached hydrogens (primary N) is 2. The van der Waals surface area contributed by atoms with Gasteiger partial charge in [-0.05, 0) is 41.5 Å². The maximum absolute atomic E-state index is 10.6. The van der Waals surface area contributed by atoms with Gasteiger partial charge in [-0.1, -0.05) is 0 Å². The summed E-state index contributed by atoms with van der Waals surface area (Å²) >= 11 is 0. The molecule has 0 bridgehead atoms. The molecule has 0 heterocycles. The Morgan fingerprint density at radius 2 is 0.611 bits per heavy atom. The molecule has 1 saturated carbocycles. The molecular weight excluding hydrogens is 236 g/mol. The van der Waals surface area contributed by atoms with Gasteiger partial charge < -0.3 is 31.9 Å². The molecule has 0 radical (unpaired) electrons. The Labute approximate surface area is 108 Å². The predicted molar refractivity (Wildman–Crippen MR) is 67.7 cm³/mol. The van der Waals surface area contributed by atoms with E-state index >= 15 is 0 Å². The molecule has 6 nitrogen and oxygen atoms in total. The minimum absolute atomic E-state index is 1.31. The van der Waals surface area contributed by atoms with E-state index in [1.807, 2.05) is 0 Å². The summed E-state index contributed by atoms with van der Waals surface area (Å²) in [5, 5.41) is 42.4. The maximum atomic E-state index is 10.6. The fourth-order valence-corrected chi connectivity index (χ4v) is 2.97. The van der Waals surface area contributed by atoms with Crippen LogP contribution in [0.1, 0.15) is 41.5 Å². The van der Waals surface area contributed by atoms with E-state index in [1.54, 1.807) is 0 Å². The fourth-order valence-electron chi connectivity index (χ4n) is 2.97. The normalized spacial score (nSPS) is 66.0. The average molecular weight is 262 g/mol. The lowest BCUT2D eigenvalue weighted by Gasteiger charge is -2.70. The Morgan fingerprint density at radius 3 is 0.722 bits per heavy atom. The van der Waals surface area contributed by atoms with E-state index in [4.69, 9.17) is 11.5 Å². The van der Waals surface area contributed by atoms with Crippen LogP contribution in [0.3, 0.4) is 0 Å². The van der Waals surface area contributed by atoms with Crippen LogP contribution in [0.25, 0.3) is 0 Å². The molecule has 18 heavy (non-hydrogen) atoms. The van der Waals surface area contributed by atoms with Crippen molar-refractivity contribution < 1.29 is 20.4 Å². The lowest BCUT2D eigenvalue weighted by Crippen LogP contribution is -2.95. The van der Waals surface area contributed by atoms with Crippen LogP contribution in [0.2, 0.25) is 0 Å². The van der Waals surface area contributed by atoms with Gasteiger partial charge in [-0.25, -0.2) is 0 Å². The summed E-state index contributed by atoms with van der Waals surface area (Å²) in [5.41, 5.74) is 1.08. The first-order valence-corrected chi connectivity index (χ1v) is 5.97. The first-order valence-electron chi connectivity index (χ1n) is 5.97. The van der Waals surface area contributed by atoms with E-state index in [2.05, 4.69) is 0 Å². The first-order chi connectivity index (χ1) is 7.50. The largest absolute Gasteiger partial charge is 0.385 e. The van der Waals surface area contributed by atoms with Crippen molar-refractivity contribution >= 4 is 0 Å². The molecule has 0 aromatic carbocycles. The van der Waals surface area contributed by atoms with Crippen LogP contribution in [0.4, 0.5) is 0 Å². The molecule has 1 aliphatic carbocycles. The Kier molecular flexibility index (Phi) is 2.86. The molecule has 0 spiro atoms. The molecule has 8 N–H and O–H groups in total. The third-order valence-electron chi connectivity index (χ3n) is 5.94. The fraction of sp³-hybridized carbons (Fsp3) is 1.00. The van der Waals surface area contributed by atoms with Crippen LogP contribution >= 0.6 is 0 Å². The van der Waals surface area contributed by atoms with Crippen molar-refractivity contribution in [3.05, 3.63) is 0 Å². The van der Waals surface area contributed by atoms with Gasteiger partial charge in [-0.3, -0.25) is 0 Å². The highest BCUT2D eigenvalue weighted by Crippen LogP contribution is 2.55. The third-order valence-corrected chi connectivity index (χ3v) is 5.94. The minimum Gasteiger partial charge on any atom is -0.385 e. The lowest BCUT2D eigenvalue weighted by atomic mass is 9.45. The molecule has 4 atom stereocenters. The van der Waals surface area contributed by atoms with Gasteiger partial charge in [0.2, 0.25) is 0 Å². The zero-order valence-electron chi connectivity index (χ0n) is 11.9.